The van der Waals surface area contributed by atoms with Crippen molar-refractivity contribution in [3.05, 3.63) is 303 Å². The Hall–Kier alpha value is -9.61. The average Bonchev–Trinajstić information content (AvgIpc) is 4.56. The number of halogens is 2. The molecule has 0 aliphatic heterocycles. The summed E-state index contributed by atoms with van der Waals surface area (Å²) in [5.41, 5.74) is 15.4. The molecule has 386 valence electrons. The van der Waals surface area contributed by atoms with Crippen LogP contribution in [0.1, 0.15) is 67.8 Å². The van der Waals surface area contributed by atoms with Crippen molar-refractivity contribution < 1.29 is 14.8 Å². The minimum absolute atomic E-state index is 0.0243. The first kappa shape index (κ1) is 47.6. The van der Waals surface area contributed by atoms with Gasteiger partial charge in [0, 0.05) is 109 Å². The summed E-state index contributed by atoms with van der Waals surface area (Å²) < 4.78 is 4.57. The molecule has 2 atom stereocenters. The molecule has 0 bridgehead atoms. The smallest absolute Gasteiger partial charge is 0.170 e. The van der Waals surface area contributed by atoms with Gasteiger partial charge in [-0.2, -0.15) is 9.46 Å². The first-order chi connectivity index (χ1) is 39.4. The number of aromatic nitrogens is 6. The third-order valence-corrected chi connectivity index (χ3v) is 17.2. The molecule has 0 saturated carbocycles. The number of hydrogen-bond acceptors (Lipinski definition) is 3. The Morgan fingerprint density at radius 1 is 0.388 bits per heavy atom. The lowest BCUT2D eigenvalue weighted by Crippen LogP contribution is -2.09. The number of aromatic hydroxyl groups is 1. The second-order valence-electron chi connectivity index (χ2n) is 20.4. The Labute approximate surface area is 472 Å². The summed E-state index contributed by atoms with van der Waals surface area (Å²) in [5.74, 6) is 0.566. The summed E-state index contributed by atoms with van der Waals surface area (Å²) in [6, 6.07) is 70.5. The molecule has 80 heavy (non-hydrogen) atoms. The number of H-pyrrole nitrogens is 4. The molecule has 2 unspecified atom stereocenters. The molecule has 0 amide bonds. The van der Waals surface area contributed by atoms with E-state index in [-0.39, 0.29) is 23.5 Å². The number of fused-ring (bicyclic) bond motifs is 6. The van der Waals surface area contributed by atoms with Crippen LogP contribution < -0.4 is 9.68 Å². The largest absolute Gasteiger partial charge is 0.506 e. The van der Waals surface area contributed by atoms with Gasteiger partial charge < -0.3 is 34.7 Å². The molecule has 9 nitrogen and oxygen atoms in total. The number of nitrogens with one attached hydrogen (secondary N) is 4. The average molecular weight is 1120 g/mol. The fourth-order valence-corrected chi connectivity index (χ4v) is 13.2. The van der Waals surface area contributed by atoms with Crippen molar-refractivity contribution in [2.45, 2.75) is 17.8 Å². The minimum Gasteiger partial charge on any atom is -0.506 e. The summed E-state index contributed by atoms with van der Waals surface area (Å²) in [4.78, 5) is 28.4. The Morgan fingerprint density at radius 3 is 1.32 bits per heavy atom. The molecule has 15 aromatic rings. The number of nitrogens with zero attached hydrogens (tertiary/aromatic N) is 2. The van der Waals surface area contributed by atoms with Crippen LogP contribution in [0.2, 0.25) is 5.02 Å². The van der Waals surface area contributed by atoms with Gasteiger partial charge in [-0.25, -0.2) is 0 Å². The van der Waals surface area contributed by atoms with Crippen LogP contribution in [0.3, 0.4) is 0 Å². The summed E-state index contributed by atoms with van der Waals surface area (Å²) in [6.45, 7) is 0. The Morgan fingerprint density at radius 2 is 0.800 bits per heavy atom. The fourth-order valence-electron chi connectivity index (χ4n) is 12.4. The van der Waals surface area contributed by atoms with Crippen LogP contribution in [0.15, 0.2) is 248 Å². The van der Waals surface area contributed by atoms with E-state index in [2.05, 4.69) is 219 Å². The number of aromatic amines is 4. The molecule has 0 fully saturated rings. The predicted molar refractivity (Wildman–Crippen MR) is 326 cm³/mol. The zero-order valence-corrected chi connectivity index (χ0v) is 45.1. The van der Waals surface area contributed by atoms with E-state index < -0.39 is 0 Å². The van der Waals surface area contributed by atoms with Gasteiger partial charge in [-0.3, -0.25) is 0 Å². The molecule has 11 heteroatoms. The van der Waals surface area contributed by atoms with E-state index in [4.69, 9.17) is 21.3 Å². The van der Waals surface area contributed by atoms with Crippen molar-refractivity contribution in [3.8, 4) is 17.2 Å². The molecule has 6 heterocycles. The summed E-state index contributed by atoms with van der Waals surface area (Å²) in [5, 5.41) is 17.9. The van der Waals surface area contributed by atoms with Crippen LogP contribution >= 0.6 is 27.5 Å². The van der Waals surface area contributed by atoms with Gasteiger partial charge in [0.15, 0.2) is 11.5 Å². The van der Waals surface area contributed by atoms with E-state index in [0.29, 0.717) is 16.5 Å². The van der Waals surface area contributed by atoms with Crippen LogP contribution in [0.4, 0.5) is 0 Å². The Balaban J connectivity index is 0.846. The van der Waals surface area contributed by atoms with Crippen LogP contribution in [-0.2, 0) is 0 Å². The molecule has 0 radical (unpaired) electrons. The van der Waals surface area contributed by atoms with Crippen LogP contribution in [0.5, 0.6) is 17.2 Å². The number of phenolic OH excluding ortho intramolecular Hbond substituents is 1. The summed E-state index contributed by atoms with van der Waals surface area (Å²) in [6.07, 6.45) is 12.7. The maximum absolute atomic E-state index is 11.0. The van der Waals surface area contributed by atoms with Crippen molar-refractivity contribution in [1.82, 2.24) is 29.4 Å². The summed E-state index contributed by atoms with van der Waals surface area (Å²) in [7, 11) is 0. The molecule has 9 aromatic carbocycles. The van der Waals surface area contributed by atoms with Crippen molar-refractivity contribution in [3.63, 3.8) is 0 Å². The normalized spacial score (nSPS) is 12.7. The molecule has 6 aromatic heterocycles. The number of hydrogen-bond donors (Lipinski definition) is 5. The molecule has 5 N–H and O–H groups in total. The van der Waals surface area contributed by atoms with Crippen molar-refractivity contribution in [2.75, 3.05) is 0 Å². The van der Waals surface area contributed by atoms with Crippen LogP contribution in [-0.4, -0.2) is 34.5 Å². The lowest BCUT2D eigenvalue weighted by Gasteiger charge is -2.21. The second-order valence-corrected chi connectivity index (χ2v) is 21.6. The summed E-state index contributed by atoms with van der Waals surface area (Å²) >= 11 is 11.2. The zero-order valence-electron chi connectivity index (χ0n) is 42.7. The number of benzene rings is 9. The SMILES string of the molecule is Oc1cccc(C(c2c[nH]c3ccccc23)c2cn(Oc3cccc(C(c4c[nH]c5ccccc45)c4cn(Oc5cccc(C(c6c[nH]c7ccccc67)c6c[nH]c7ccccc67)c5)c5ccccc45)c3Br)c3ccccc23)c1Cl. The maximum atomic E-state index is 11.0. The highest BCUT2D eigenvalue weighted by Crippen LogP contribution is 2.48. The molecule has 0 aliphatic carbocycles. The number of para-hydroxylation sites is 6. The Kier molecular flexibility index (Phi) is 11.5. The van der Waals surface area contributed by atoms with E-state index in [1.807, 2.05) is 64.2 Å². The molecule has 15 rings (SSSR count). The standard InChI is InChI=1S/C69H48BrClN6O3/c70-68-49(24-15-33-64(68)80-77-40-56(48-23-6-12-31-62(48)77)67(50-25-14-32-63(78)69(50)71)54-38-75-60-29-10-4-21-46(54)60)66(53-37-74-59-28-9-3-20-45(53)59)55-39-76(61-30-11-5-22-47(55)61)79-42-17-13-16-41(34-42)65(51-35-72-57-26-7-1-18-43(51)57)52-36-73-58-27-8-2-19-44(52)58/h1-40,65-67,72-75,78H. The Bertz CT molecular complexity index is 4770. The van der Waals surface area contributed by atoms with Gasteiger partial charge in [0.1, 0.15) is 5.75 Å². The first-order valence-corrected chi connectivity index (χ1v) is 27.8. The van der Waals surface area contributed by atoms with E-state index in [1.165, 1.54) is 21.9 Å². The van der Waals surface area contributed by atoms with Gasteiger partial charge in [-0.1, -0.05) is 157 Å². The maximum Gasteiger partial charge on any atom is 0.170 e. The van der Waals surface area contributed by atoms with Crippen molar-refractivity contribution >= 4 is 92.9 Å². The lowest BCUT2D eigenvalue weighted by atomic mass is 9.84. The topological polar surface area (TPSA) is 112 Å². The third kappa shape index (κ3) is 7.89. The highest BCUT2D eigenvalue weighted by atomic mass is 79.9. The molecule has 0 saturated heterocycles. The van der Waals surface area contributed by atoms with Crippen LogP contribution in [0.25, 0.3) is 65.4 Å². The highest BCUT2D eigenvalue weighted by Gasteiger charge is 2.31. The molecular formula is C69H48BrClN6O3. The second kappa shape index (κ2) is 19.4. The van der Waals surface area contributed by atoms with Gasteiger partial charge in [-0.15, -0.1) is 0 Å². The molecule has 0 aliphatic rings. The zero-order chi connectivity index (χ0) is 53.4. The van der Waals surface area contributed by atoms with Gasteiger partial charge >= 0.3 is 0 Å². The highest BCUT2D eigenvalue weighted by molar-refractivity contribution is 9.10. The van der Waals surface area contributed by atoms with Gasteiger partial charge in [-0.05, 0) is 127 Å². The quantitative estimate of drug-likeness (QED) is 0.0793. The van der Waals surface area contributed by atoms with Gasteiger partial charge in [0.25, 0.3) is 0 Å². The van der Waals surface area contributed by atoms with E-state index in [9.17, 15) is 5.11 Å². The number of phenols is 1. The fraction of sp³-hybridized carbons (Fsp3) is 0.0435. The molecular weight excluding hydrogens is 1080 g/mol. The first-order valence-electron chi connectivity index (χ1n) is 26.6. The third-order valence-electron chi connectivity index (χ3n) is 16.0. The van der Waals surface area contributed by atoms with Gasteiger partial charge in [0.05, 0.1) is 20.5 Å². The molecule has 0 spiro atoms. The number of rotatable bonds is 13. The van der Waals surface area contributed by atoms with E-state index >= 15 is 0 Å². The lowest BCUT2D eigenvalue weighted by molar-refractivity contribution is 0.226. The minimum atomic E-state index is -0.371. The van der Waals surface area contributed by atoms with Crippen molar-refractivity contribution in [2.24, 2.45) is 0 Å². The van der Waals surface area contributed by atoms with E-state index in [1.54, 1.807) is 6.07 Å². The van der Waals surface area contributed by atoms with Gasteiger partial charge in [0.2, 0.25) is 0 Å². The van der Waals surface area contributed by atoms with E-state index in [0.717, 1.165) is 98.1 Å². The van der Waals surface area contributed by atoms with Crippen LogP contribution in [0, 0.1) is 0 Å². The van der Waals surface area contributed by atoms with Crippen molar-refractivity contribution in [1.29, 1.82) is 0 Å². The monoisotopic (exact) mass is 1120 g/mol. The predicted octanol–water partition coefficient (Wildman–Crippen LogP) is 17.9.